The highest BCUT2D eigenvalue weighted by molar-refractivity contribution is 9.09. The maximum atomic E-state index is 13.8. The van der Waals surface area contributed by atoms with E-state index in [4.69, 9.17) is 27.9 Å². The molecule has 0 N–H and O–H groups in total. The molecule has 0 bridgehead atoms. The topological polar surface area (TPSA) is 9.23 Å². The first-order chi connectivity index (χ1) is 9.52. The molecule has 0 amide bonds. The Balaban J connectivity index is 2.24. The summed E-state index contributed by atoms with van der Waals surface area (Å²) in [6, 6.07) is 10.2. The molecular weight excluding hydrogens is 366 g/mol. The van der Waals surface area contributed by atoms with Gasteiger partial charge >= 0.3 is 0 Å². The monoisotopic (exact) mass is 376 g/mol. The van der Waals surface area contributed by atoms with E-state index < -0.39 is 0 Å². The highest BCUT2D eigenvalue weighted by Crippen LogP contribution is 2.34. The summed E-state index contributed by atoms with van der Waals surface area (Å²) in [5.74, 6) is 0.306. The van der Waals surface area contributed by atoms with E-state index >= 15 is 0 Å². The number of ether oxygens (including phenoxy) is 1. The van der Waals surface area contributed by atoms with Gasteiger partial charge < -0.3 is 4.74 Å². The van der Waals surface area contributed by atoms with E-state index in [0.29, 0.717) is 27.8 Å². The molecule has 0 spiro atoms. The molecule has 0 heterocycles. The van der Waals surface area contributed by atoms with Crippen molar-refractivity contribution in [3.63, 3.8) is 0 Å². The van der Waals surface area contributed by atoms with Crippen molar-refractivity contribution in [3.8, 4) is 5.75 Å². The van der Waals surface area contributed by atoms with Crippen LogP contribution in [-0.4, -0.2) is 7.11 Å². The molecule has 0 saturated heterocycles. The molecule has 2 aromatic rings. The number of hydrogen-bond acceptors (Lipinski definition) is 1. The van der Waals surface area contributed by atoms with Crippen molar-refractivity contribution in [1.82, 2.24) is 0 Å². The van der Waals surface area contributed by atoms with Gasteiger partial charge in [0.15, 0.2) is 0 Å². The molecule has 2 rings (SSSR count). The van der Waals surface area contributed by atoms with Crippen LogP contribution in [0.2, 0.25) is 10.0 Å². The number of hydrogen-bond donors (Lipinski definition) is 0. The second-order valence-electron chi connectivity index (χ2n) is 4.27. The Labute approximate surface area is 135 Å². The fraction of sp³-hybridized carbons (Fsp3) is 0.200. The maximum Gasteiger partial charge on any atom is 0.137 e. The molecule has 1 unspecified atom stereocenters. The van der Waals surface area contributed by atoms with Crippen molar-refractivity contribution in [1.29, 1.82) is 0 Å². The summed E-state index contributed by atoms with van der Waals surface area (Å²) in [6.45, 7) is 0. The lowest BCUT2D eigenvalue weighted by atomic mass is 10.0. The van der Waals surface area contributed by atoms with Gasteiger partial charge in [-0.2, -0.15) is 0 Å². The van der Waals surface area contributed by atoms with Gasteiger partial charge in [0.05, 0.1) is 12.1 Å². The Morgan fingerprint density at radius 2 is 1.95 bits per heavy atom. The largest absolute Gasteiger partial charge is 0.495 e. The number of alkyl halides is 1. The Morgan fingerprint density at radius 3 is 2.55 bits per heavy atom. The fourth-order valence-electron chi connectivity index (χ4n) is 1.90. The summed E-state index contributed by atoms with van der Waals surface area (Å²) in [5, 5.41) is 0.947. The molecule has 1 nitrogen and oxygen atoms in total. The van der Waals surface area contributed by atoms with Crippen LogP contribution in [-0.2, 0) is 6.42 Å². The highest BCUT2D eigenvalue weighted by Gasteiger charge is 2.15. The van der Waals surface area contributed by atoms with Crippen molar-refractivity contribution in [2.24, 2.45) is 0 Å². The van der Waals surface area contributed by atoms with Crippen molar-refractivity contribution >= 4 is 39.1 Å². The zero-order valence-corrected chi connectivity index (χ0v) is 13.8. The summed E-state index contributed by atoms with van der Waals surface area (Å²) in [6.07, 6.45) is 0.439. The molecule has 0 fully saturated rings. The lowest BCUT2D eigenvalue weighted by Gasteiger charge is -2.13. The summed E-state index contributed by atoms with van der Waals surface area (Å²) in [4.78, 5) is -0.0830. The lowest BCUT2D eigenvalue weighted by Crippen LogP contribution is -1.99. The predicted molar refractivity (Wildman–Crippen MR) is 84.8 cm³/mol. The van der Waals surface area contributed by atoms with Crippen molar-refractivity contribution in [3.05, 3.63) is 63.4 Å². The molecule has 0 aromatic heterocycles. The minimum absolute atomic E-state index is 0.0830. The van der Waals surface area contributed by atoms with Crippen LogP contribution in [0, 0.1) is 5.82 Å². The molecule has 0 aliphatic carbocycles. The third kappa shape index (κ3) is 3.46. The van der Waals surface area contributed by atoms with Gasteiger partial charge in [-0.05, 0) is 36.2 Å². The summed E-state index contributed by atoms with van der Waals surface area (Å²) < 4.78 is 18.9. The summed E-state index contributed by atoms with van der Waals surface area (Å²) in [7, 11) is 1.56. The van der Waals surface area contributed by atoms with E-state index in [0.717, 1.165) is 5.56 Å². The van der Waals surface area contributed by atoms with Gasteiger partial charge in [-0.1, -0.05) is 51.3 Å². The predicted octanol–water partition coefficient (Wildman–Crippen LogP) is 5.82. The fourth-order valence-corrected chi connectivity index (χ4v) is 3.02. The third-order valence-corrected chi connectivity index (χ3v) is 4.48. The molecule has 20 heavy (non-hydrogen) atoms. The zero-order chi connectivity index (χ0) is 14.7. The van der Waals surface area contributed by atoms with Crippen LogP contribution in [0.25, 0.3) is 0 Å². The molecular formula is C15H12BrCl2FO. The quantitative estimate of drug-likeness (QED) is 0.610. The molecule has 0 aliphatic heterocycles. The first kappa shape index (κ1) is 15.6. The SMILES string of the molecule is COc1ccc(C(Br)Cc2c(F)cccc2Cl)cc1Cl. The number of halogens is 4. The Hall–Kier alpha value is -0.770. The Bertz CT molecular complexity index is 599. The third-order valence-electron chi connectivity index (χ3n) is 2.98. The van der Waals surface area contributed by atoms with Gasteiger partial charge in [-0.15, -0.1) is 0 Å². The second-order valence-corrected chi connectivity index (χ2v) is 6.19. The van der Waals surface area contributed by atoms with Crippen molar-refractivity contribution in [2.45, 2.75) is 11.2 Å². The minimum atomic E-state index is -0.304. The van der Waals surface area contributed by atoms with Crippen molar-refractivity contribution in [2.75, 3.05) is 7.11 Å². The van der Waals surface area contributed by atoms with E-state index in [-0.39, 0.29) is 10.6 Å². The Kier molecular flexibility index (Phi) is 5.30. The molecule has 2 aromatic carbocycles. The molecule has 0 aliphatic rings. The first-order valence-corrected chi connectivity index (χ1v) is 7.60. The molecule has 1 atom stereocenters. The van der Waals surface area contributed by atoms with Gasteiger partial charge in [-0.3, -0.25) is 0 Å². The van der Waals surface area contributed by atoms with Gasteiger partial charge in [-0.25, -0.2) is 4.39 Å². The van der Waals surface area contributed by atoms with Crippen LogP contribution in [0.1, 0.15) is 16.0 Å². The summed E-state index contributed by atoms with van der Waals surface area (Å²) in [5.41, 5.74) is 1.43. The van der Waals surface area contributed by atoms with Crippen molar-refractivity contribution < 1.29 is 9.13 Å². The summed E-state index contributed by atoms with van der Waals surface area (Å²) >= 11 is 15.7. The molecule has 0 saturated carbocycles. The lowest BCUT2D eigenvalue weighted by molar-refractivity contribution is 0.415. The molecule has 106 valence electrons. The van der Waals surface area contributed by atoms with E-state index in [1.54, 1.807) is 31.4 Å². The molecule has 5 heteroatoms. The average Bonchev–Trinajstić information content (AvgIpc) is 2.42. The minimum Gasteiger partial charge on any atom is -0.495 e. The van der Waals surface area contributed by atoms with E-state index in [1.807, 2.05) is 6.07 Å². The van der Waals surface area contributed by atoms with Crippen LogP contribution in [0.15, 0.2) is 36.4 Å². The Morgan fingerprint density at radius 1 is 1.20 bits per heavy atom. The maximum absolute atomic E-state index is 13.8. The van der Waals surface area contributed by atoms with Crippen LogP contribution >= 0.6 is 39.1 Å². The standard InChI is InChI=1S/C15H12BrCl2FO/c1-20-15-6-5-9(7-13(15)18)11(16)8-10-12(17)3-2-4-14(10)19/h2-7,11H,8H2,1H3. The van der Waals surface area contributed by atoms with Crippen LogP contribution < -0.4 is 4.74 Å². The van der Waals surface area contributed by atoms with Gasteiger partial charge in [0.2, 0.25) is 0 Å². The molecule has 0 radical (unpaired) electrons. The highest BCUT2D eigenvalue weighted by atomic mass is 79.9. The van der Waals surface area contributed by atoms with Crippen LogP contribution in [0.3, 0.4) is 0 Å². The van der Waals surface area contributed by atoms with Gasteiger partial charge in [0.25, 0.3) is 0 Å². The van der Waals surface area contributed by atoms with E-state index in [2.05, 4.69) is 15.9 Å². The van der Waals surface area contributed by atoms with Crippen LogP contribution in [0.4, 0.5) is 4.39 Å². The number of rotatable bonds is 4. The average molecular weight is 378 g/mol. The smallest absolute Gasteiger partial charge is 0.137 e. The normalized spacial score (nSPS) is 12.2. The zero-order valence-electron chi connectivity index (χ0n) is 10.7. The van der Waals surface area contributed by atoms with Gasteiger partial charge in [0.1, 0.15) is 11.6 Å². The number of methoxy groups -OCH3 is 1. The second kappa shape index (κ2) is 6.79. The number of benzene rings is 2. The van der Waals surface area contributed by atoms with Gasteiger partial charge in [0, 0.05) is 15.4 Å². The van der Waals surface area contributed by atoms with Crippen LogP contribution in [0.5, 0.6) is 5.75 Å². The van der Waals surface area contributed by atoms with E-state index in [9.17, 15) is 4.39 Å². The first-order valence-electron chi connectivity index (χ1n) is 5.93. The van der Waals surface area contributed by atoms with E-state index in [1.165, 1.54) is 6.07 Å².